The Kier molecular flexibility index (Phi) is 3.90. The molecule has 0 saturated carbocycles. The van der Waals surface area contributed by atoms with Gasteiger partial charge >= 0.3 is 0 Å². The van der Waals surface area contributed by atoms with Gasteiger partial charge in [0.25, 0.3) is 0 Å². The van der Waals surface area contributed by atoms with Crippen molar-refractivity contribution in [1.82, 2.24) is 0 Å². The Hall–Kier alpha value is -2.27. The van der Waals surface area contributed by atoms with Crippen LogP contribution in [0.1, 0.15) is 5.56 Å². The van der Waals surface area contributed by atoms with Gasteiger partial charge in [-0.25, -0.2) is 4.39 Å². The molecule has 0 amide bonds. The molecule has 0 saturated heterocycles. The number of fused-ring (bicyclic) bond motifs is 1. The summed E-state index contributed by atoms with van der Waals surface area (Å²) in [6.45, 7) is 2.87. The first-order valence-electron chi connectivity index (χ1n) is 7.20. The maximum absolute atomic E-state index is 13.9. The monoisotopic (exact) mass is 302 g/mol. The van der Waals surface area contributed by atoms with E-state index in [1.54, 1.807) is 7.11 Å². The molecular formula is C17H19FN2O2. The van der Waals surface area contributed by atoms with Gasteiger partial charge in [0.15, 0.2) is 0 Å². The van der Waals surface area contributed by atoms with Crippen LogP contribution in [0.3, 0.4) is 0 Å². The van der Waals surface area contributed by atoms with E-state index >= 15 is 0 Å². The fourth-order valence-corrected chi connectivity index (χ4v) is 2.69. The maximum Gasteiger partial charge on any atom is 0.146 e. The number of aryl methyl sites for hydroxylation is 1. The Morgan fingerprint density at radius 1 is 1.32 bits per heavy atom. The van der Waals surface area contributed by atoms with Crippen molar-refractivity contribution in [3.8, 4) is 22.6 Å². The van der Waals surface area contributed by atoms with Gasteiger partial charge in [-0.2, -0.15) is 0 Å². The van der Waals surface area contributed by atoms with E-state index in [-0.39, 0.29) is 11.9 Å². The second-order valence-electron chi connectivity index (χ2n) is 5.40. The summed E-state index contributed by atoms with van der Waals surface area (Å²) < 4.78 is 24.8. The molecule has 1 heterocycles. The average molecular weight is 302 g/mol. The fourth-order valence-electron chi connectivity index (χ4n) is 2.69. The van der Waals surface area contributed by atoms with Crippen molar-refractivity contribution >= 4 is 5.69 Å². The van der Waals surface area contributed by atoms with Crippen molar-refractivity contribution in [3.63, 3.8) is 0 Å². The molecule has 3 rings (SSSR count). The summed E-state index contributed by atoms with van der Waals surface area (Å²) in [7, 11) is 1.62. The fraction of sp³-hybridized carbons (Fsp3) is 0.294. The number of hydrogen-bond acceptors (Lipinski definition) is 4. The number of nitrogens with one attached hydrogen (secondary N) is 1. The van der Waals surface area contributed by atoms with Crippen molar-refractivity contribution in [2.75, 3.05) is 25.6 Å². The molecule has 0 bridgehead atoms. The van der Waals surface area contributed by atoms with E-state index < -0.39 is 0 Å². The highest BCUT2D eigenvalue weighted by Gasteiger charge is 2.23. The van der Waals surface area contributed by atoms with Crippen molar-refractivity contribution in [3.05, 3.63) is 41.7 Å². The Morgan fingerprint density at radius 3 is 2.82 bits per heavy atom. The Labute approximate surface area is 129 Å². The maximum atomic E-state index is 13.9. The molecule has 3 N–H and O–H groups in total. The topological polar surface area (TPSA) is 56.5 Å². The minimum atomic E-state index is -0.322. The predicted octanol–water partition coefficient (Wildman–Crippen LogP) is 2.94. The lowest BCUT2D eigenvalue weighted by Crippen LogP contribution is -2.38. The largest absolute Gasteiger partial charge is 0.497 e. The van der Waals surface area contributed by atoms with Gasteiger partial charge in [0.1, 0.15) is 23.9 Å². The van der Waals surface area contributed by atoms with Crippen LogP contribution in [0.2, 0.25) is 0 Å². The van der Waals surface area contributed by atoms with Crippen LogP contribution in [0.5, 0.6) is 11.5 Å². The van der Waals surface area contributed by atoms with Crippen LogP contribution in [-0.4, -0.2) is 26.3 Å². The van der Waals surface area contributed by atoms with Crippen LogP contribution in [-0.2, 0) is 0 Å². The van der Waals surface area contributed by atoms with E-state index in [1.807, 2.05) is 25.1 Å². The summed E-state index contributed by atoms with van der Waals surface area (Å²) in [4.78, 5) is 0. The molecule has 0 aliphatic carbocycles. The van der Waals surface area contributed by atoms with Gasteiger partial charge in [-0.3, -0.25) is 0 Å². The van der Waals surface area contributed by atoms with Crippen molar-refractivity contribution < 1.29 is 13.9 Å². The van der Waals surface area contributed by atoms with Gasteiger partial charge in [0.05, 0.1) is 18.8 Å². The third-order valence-corrected chi connectivity index (χ3v) is 3.86. The molecule has 1 aliphatic rings. The predicted molar refractivity (Wildman–Crippen MR) is 85.1 cm³/mol. The number of hydrogen-bond donors (Lipinski definition) is 2. The quantitative estimate of drug-likeness (QED) is 0.915. The number of anilines is 1. The van der Waals surface area contributed by atoms with Crippen LogP contribution < -0.4 is 20.5 Å². The highest BCUT2D eigenvalue weighted by Crippen LogP contribution is 2.41. The minimum Gasteiger partial charge on any atom is -0.497 e. The molecule has 116 valence electrons. The minimum absolute atomic E-state index is 0.0234. The van der Waals surface area contributed by atoms with E-state index in [0.29, 0.717) is 18.9 Å². The Balaban J connectivity index is 2.13. The Bertz CT molecular complexity index is 703. The van der Waals surface area contributed by atoms with Crippen molar-refractivity contribution in [1.29, 1.82) is 0 Å². The van der Waals surface area contributed by atoms with Crippen molar-refractivity contribution in [2.45, 2.75) is 13.0 Å². The number of nitrogens with two attached hydrogens (primary N) is 1. The van der Waals surface area contributed by atoms with Gasteiger partial charge < -0.3 is 20.5 Å². The molecule has 22 heavy (non-hydrogen) atoms. The van der Waals surface area contributed by atoms with Crippen LogP contribution in [0, 0.1) is 12.7 Å². The molecule has 0 aromatic heterocycles. The molecule has 5 heteroatoms. The first kappa shape index (κ1) is 14.7. The molecule has 4 nitrogen and oxygen atoms in total. The number of methoxy groups -OCH3 is 1. The molecule has 2 aromatic carbocycles. The van der Waals surface area contributed by atoms with Gasteiger partial charge in [-0.05, 0) is 36.2 Å². The highest BCUT2D eigenvalue weighted by molar-refractivity contribution is 5.85. The zero-order valence-electron chi connectivity index (χ0n) is 12.7. The number of rotatable bonds is 3. The first-order chi connectivity index (χ1) is 10.6. The van der Waals surface area contributed by atoms with Gasteiger partial charge in [0, 0.05) is 18.2 Å². The zero-order chi connectivity index (χ0) is 15.7. The molecular weight excluding hydrogens is 283 g/mol. The van der Waals surface area contributed by atoms with E-state index in [2.05, 4.69) is 5.32 Å². The second-order valence-corrected chi connectivity index (χ2v) is 5.40. The van der Waals surface area contributed by atoms with Crippen molar-refractivity contribution in [2.24, 2.45) is 5.73 Å². The van der Waals surface area contributed by atoms with E-state index in [4.69, 9.17) is 15.2 Å². The van der Waals surface area contributed by atoms with Crippen LogP contribution in [0.25, 0.3) is 11.1 Å². The van der Waals surface area contributed by atoms with E-state index in [0.717, 1.165) is 28.1 Å². The third kappa shape index (κ3) is 2.60. The SMILES string of the molecule is COc1ccc(-c2cc(F)cc3c2NC(CN)CO3)c(C)c1. The third-order valence-electron chi connectivity index (χ3n) is 3.86. The molecule has 0 radical (unpaired) electrons. The molecule has 1 unspecified atom stereocenters. The van der Waals surface area contributed by atoms with Gasteiger partial charge in [-0.15, -0.1) is 0 Å². The number of halogens is 1. The summed E-state index contributed by atoms with van der Waals surface area (Å²) in [5.74, 6) is 0.974. The lowest BCUT2D eigenvalue weighted by atomic mass is 9.97. The summed E-state index contributed by atoms with van der Waals surface area (Å²) >= 11 is 0. The van der Waals surface area contributed by atoms with Crippen LogP contribution in [0.15, 0.2) is 30.3 Å². The van der Waals surface area contributed by atoms with E-state index in [1.165, 1.54) is 12.1 Å². The normalized spacial score (nSPS) is 16.5. The standard InChI is InChI=1S/C17H19FN2O2/c1-10-5-13(21-2)3-4-14(10)15-6-11(18)7-16-17(15)20-12(8-19)9-22-16/h3-7,12,20H,8-9,19H2,1-2H3. The zero-order valence-corrected chi connectivity index (χ0v) is 12.7. The second kappa shape index (κ2) is 5.85. The van der Waals surface area contributed by atoms with E-state index in [9.17, 15) is 4.39 Å². The first-order valence-corrected chi connectivity index (χ1v) is 7.20. The lowest BCUT2D eigenvalue weighted by molar-refractivity contribution is 0.285. The lowest BCUT2D eigenvalue weighted by Gasteiger charge is -2.29. The van der Waals surface area contributed by atoms with Gasteiger partial charge in [0.2, 0.25) is 0 Å². The average Bonchev–Trinajstić information content (AvgIpc) is 2.53. The summed E-state index contributed by atoms with van der Waals surface area (Å²) in [6, 6.07) is 8.66. The summed E-state index contributed by atoms with van der Waals surface area (Å²) in [5, 5.41) is 3.35. The molecule has 1 aliphatic heterocycles. The van der Waals surface area contributed by atoms with Crippen LogP contribution >= 0.6 is 0 Å². The van der Waals surface area contributed by atoms with Gasteiger partial charge in [-0.1, -0.05) is 6.07 Å². The number of benzene rings is 2. The molecule has 0 spiro atoms. The highest BCUT2D eigenvalue weighted by atomic mass is 19.1. The molecule has 1 atom stereocenters. The van der Waals surface area contributed by atoms with Crippen LogP contribution in [0.4, 0.5) is 10.1 Å². The molecule has 2 aromatic rings. The number of ether oxygens (including phenoxy) is 2. The Morgan fingerprint density at radius 2 is 2.14 bits per heavy atom. The smallest absolute Gasteiger partial charge is 0.146 e. The summed E-state index contributed by atoms with van der Waals surface area (Å²) in [6.07, 6.45) is 0. The summed E-state index contributed by atoms with van der Waals surface area (Å²) in [5.41, 5.74) is 9.21. The molecule has 0 fully saturated rings.